The second-order valence-corrected chi connectivity index (χ2v) is 5.66. The molecule has 0 unspecified atom stereocenters. The minimum Gasteiger partial charge on any atom is -0.480 e. The Morgan fingerprint density at radius 3 is 2.79 bits per heavy atom. The summed E-state index contributed by atoms with van der Waals surface area (Å²) in [7, 11) is -4.18. The summed E-state index contributed by atoms with van der Waals surface area (Å²) in [5.74, 6) is -1.04. The van der Waals surface area contributed by atoms with Gasteiger partial charge in [-0.2, -0.15) is 0 Å². The standard InChI is InChI=1S/C10H12N3O5P/c14-9(15)3-11-7-1-6(4-19(16,17)18)2-8-10(7)13-5-12-8/h1-2,5,11H,3-4H2,(H,12,13)(H,14,15)(H2,16,17,18). The Kier molecular flexibility index (Phi) is 3.57. The van der Waals surface area contributed by atoms with Crippen LogP contribution in [-0.4, -0.2) is 37.4 Å². The van der Waals surface area contributed by atoms with E-state index in [1.807, 2.05) is 0 Å². The molecule has 0 amide bonds. The number of hydrogen-bond acceptors (Lipinski definition) is 4. The molecule has 19 heavy (non-hydrogen) atoms. The summed E-state index contributed by atoms with van der Waals surface area (Å²) >= 11 is 0. The summed E-state index contributed by atoms with van der Waals surface area (Å²) in [6.07, 6.45) is 1.02. The summed E-state index contributed by atoms with van der Waals surface area (Å²) in [6.45, 7) is -0.304. The van der Waals surface area contributed by atoms with Crippen molar-refractivity contribution in [2.75, 3.05) is 11.9 Å². The summed E-state index contributed by atoms with van der Waals surface area (Å²) in [6, 6.07) is 3.07. The fraction of sp³-hybridized carbons (Fsp3) is 0.200. The van der Waals surface area contributed by atoms with Crippen LogP contribution in [0.3, 0.4) is 0 Å². The number of rotatable bonds is 5. The van der Waals surface area contributed by atoms with Crippen molar-refractivity contribution in [3.63, 3.8) is 0 Å². The highest BCUT2D eigenvalue weighted by atomic mass is 31.2. The molecule has 9 heteroatoms. The van der Waals surface area contributed by atoms with Gasteiger partial charge in [0.05, 0.1) is 23.7 Å². The van der Waals surface area contributed by atoms with E-state index < -0.39 is 19.7 Å². The average molecular weight is 285 g/mol. The molecule has 1 aromatic heterocycles. The number of aromatic amines is 1. The lowest BCUT2D eigenvalue weighted by atomic mass is 10.2. The van der Waals surface area contributed by atoms with Crippen LogP contribution in [0.2, 0.25) is 0 Å². The average Bonchev–Trinajstić information content (AvgIpc) is 2.71. The van der Waals surface area contributed by atoms with E-state index in [2.05, 4.69) is 15.3 Å². The second-order valence-electron chi connectivity index (χ2n) is 4.01. The molecule has 0 radical (unpaired) electrons. The van der Waals surface area contributed by atoms with E-state index in [1.165, 1.54) is 12.4 Å². The summed E-state index contributed by atoms with van der Waals surface area (Å²) in [4.78, 5) is 35.3. The highest BCUT2D eigenvalue weighted by Crippen LogP contribution is 2.40. The number of fused-ring (bicyclic) bond motifs is 1. The number of anilines is 1. The molecule has 102 valence electrons. The number of imidazole rings is 1. The highest BCUT2D eigenvalue weighted by molar-refractivity contribution is 7.50. The number of carboxylic acid groups (broad SMARTS) is 1. The van der Waals surface area contributed by atoms with Gasteiger partial charge in [0.1, 0.15) is 12.1 Å². The van der Waals surface area contributed by atoms with Gasteiger partial charge >= 0.3 is 13.6 Å². The van der Waals surface area contributed by atoms with Gasteiger partial charge in [-0.3, -0.25) is 9.36 Å². The summed E-state index contributed by atoms with van der Waals surface area (Å²) < 4.78 is 11.0. The maximum Gasteiger partial charge on any atom is 0.329 e. The van der Waals surface area contributed by atoms with E-state index in [0.29, 0.717) is 22.3 Å². The third-order valence-corrected chi connectivity index (χ3v) is 3.18. The van der Waals surface area contributed by atoms with Crippen LogP contribution in [0.25, 0.3) is 11.0 Å². The van der Waals surface area contributed by atoms with Crippen molar-refractivity contribution in [1.29, 1.82) is 0 Å². The van der Waals surface area contributed by atoms with E-state index in [4.69, 9.17) is 14.9 Å². The Hall–Kier alpha value is -1.89. The van der Waals surface area contributed by atoms with Crippen LogP contribution in [-0.2, 0) is 15.5 Å². The maximum atomic E-state index is 11.0. The molecule has 1 aromatic carbocycles. The maximum absolute atomic E-state index is 11.0. The lowest BCUT2D eigenvalue weighted by Gasteiger charge is -2.09. The molecule has 8 nitrogen and oxygen atoms in total. The lowest BCUT2D eigenvalue weighted by molar-refractivity contribution is -0.134. The zero-order chi connectivity index (χ0) is 14.0. The number of aliphatic carboxylic acids is 1. The minimum atomic E-state index is -4.18. The first kappa shape index (κ1) is 13.5. The normalized spacial score (nSPS) is 11.7. The molecule has 0 aliphatic rings. The van der Waals surface area contributed by atoms with Crippen molar-refractivity contribution in [3.8, 4) is 0 Å². The van der Waals surface area contributed by atoms with Gasteiger partial charge in [0, 0.05) is 0 Å². The Morgan fingerprint density at radius 1 is 1.42 bits per heavy atom. The molecule has 5 N–H and O–H groups in total. The third-order valence-electron chi connectivity index (χ3n) is 2.40. The van der Waals surface area contributed by atoms with E-state index in [1.54, 1.807) is 6.07 Å². The zero-order valence-electron chi connectivity index (χ0n) is 9.70. The van der Waals surface area contributed by atoms with E-state index >= 15 is 0 Å². The van der Waals surface area contributed by atoms with Crippen LogP contribution in [0.15, 0.2) is 18.5 Å². The predicted molar refractivity (Wildman–Crippen MR) is 68.0 cm³/mol. The van der Waals surface area contributed by atoms with Gasteiger partial charge in [0.2, 0.25) is 0 Å². The van der Waals surface area contributed by atoms with Crippen LogP contribution < -0.4 is 5.32 Å². The van der Waals surface area contributed by atoms with Crippen LogP contribution >= 0.6 is 7.60 Å². The topological polar surface area (TPSA) is 136 Å². The van der Waals surface area contributed by atoms with Crippen LogP contribution in [0.4, 0.5) is 5.69 Å². The van der Waals surface area contributed by atoms with Crippen molar-refractivity contribution < 1.29 is 24.3 Å². The Balaban J connectivity index is 2.39. The monoisotopic (exact) mass is 285 g/mol. The second kappa shape index (κ2) is 5.00. The van der Waals surface area contributed by atoms with Gasteiger partial charge in [-0.25, -0.2) is 4.98 Å². The third kappa shape index (κ3) is 3.54. The number of benzene rings is 1. The van der Waals surface area contributed by atoms with E-state index in [9.17, 15) is 9.36 Å². The first-order valence-corrected chi connectivity index (χ1v) is 7.11. The van der Waals surface area contributed by atoms with Gasteiger partial charge in [-0.05, 0) is 17.7 Å². The fourth-order valence-electron chi connectivity index (χ4n) is 1.74. The smallest absolute Gasteiger partial charge is 0.329 e. The Morgan fingerprint density at radius 2 is 2.16 bits per heavy atom. The van der Waals surface area contributed by atoms with Gasteiger partial charge in [-0.1, -0.05) is 0 Å². The SMILES string of the molecule is O=C(O)CNc1cc(CP(=O)(O)O)cc2[nH]cnc12. The number of carbonyl (C=O) groups is 1. The lowest BCUT2D eigenvalue weighted by Crippen LogP contribution is -2.12. The van der Waals surface area contributed by atoms with Crippen molar-refractivity contribution >= 4 is 30.3 Å². The molecule has 0 atom stereocenters. The number of aromatic nitrogens is 2. The van der Waals surface area contributed by atoms with Crippen molar-refractivity contribution in [3.05, 3.63) is 24.0 Å². The fourth-order valence-corrected chi connectivity index (χ4v) is 2.40. The molecule has 0 aliphatic heterocycles. The van der Waals surface area contributed by atoms with Crippen molar-refractivity contribution in [2.24, 2.45) is 0 Å². The Labute approximate surface area is 107 Å². The van der Waals surface area contributed by atoms with Crippen LogP contribution in [0.1, 0.15) is 5.56 Å². The Bertz CT molecular complexity index is 662. The molecule has 1 heterocycles. The number of H-pyrrole nitrogens is 1. The molecule has 2 rings (SSSR count). The van der Waals surface area contributed by atoms with Crippen LogP contribution in [0.5, 0.6) is 0 Å². The molecule has 0 spiro atoms. The number of hydrogen-bond donors (Lipinski definition) is 5. The number of nitrogens with one attached hydrogen (secondary N) is 2. The molecule has 0 aliphatic carbocycles. The van der Waals surface area contributed by atoms with Gasteiger partial charge in [-0.15, -0.1) is 0 Å². The highest BCUT2D eigenvalue weighted by Gasteiger charge is 2.16. The first-order chi connectivity index (χ1) is 8.85. The number of nitrogens with zero attached hydrogens (tertiary/aromatic N) is 1. The quantitative estimate of drug-likeness (QED) is 0.511. The molecular formula is C10H12N3O5P. The first-order valence-electron chi connectivity index (χ1n) is 5.31. The van der Waals surface area contributed by atoms with Gasteiger partial charge in [0.15, 0.2) is 0 Å². The van der Waals surface area contributed by atoms with Gasteiger partial charge in [0.25, 0.3) is 0 Å². The largest absolute Gasteiger partial charge is 0.480 e. The van der Waals surface area contributed by atoms with E-state index in [0.717, 1.165) is 0 Å². The van der Waals surface area contributed by atoms with Crippen molar-refractivity contribution in [2.45, 2.75) is 6.16 Å². The molecule has 0 fully saturated rings. The van der Waals surface area contributed by atoms with Crippen molar-refractivity contribution in [1.82, 2.24) is 9.97 Å². The zero-order valence-corrected chi connectivity index (χ0v) is 10.6. The van der Waals surface area contributed by atoms with Crippen LogP contribution in [0, 0.1) is 0 Å². The molecule has 0 bridgehead atoms. The minimum absolute atomic E-state index is 0.304. The molecule has 2 aromatic rings. The predicted octanol–water partition coefficient (Wildman–Crippen LogP) is 0.737. The van der Waals surface area contributed by atoms with Gasteiger partial charge < -0.3 is 25.2 Å². The molecule has 0 saturated carbocycles. The molecule has 0 saturated heterocycles. The molecular weight excluding hydrogens is 273 g/mol. The summed E-state index contributed by atoms with van der Waals surface area (Å²) in [5, 5.41) is 11.3. The number of carboxylic acids is 1. The van der Waals surface area contributed by atoms with E-state index in [-0.39, 0.29) is 6.54 Å². The summed E-state index contributed by atoms with van der Waals surface area (Å²) in [5.41, 5.74) is 1.93.